The fourth-order valence-electron chi connectivity index (χ4n) is 3.57. The number of carboxylic acids is 1. The van der Waals surface area contributed by atoms with Crippen LogP contribution < -0.4 is 4.74 Å². The summed E-state index contributed by atoms with van der Waals surface area (Å²) in [6.45, 7) is 1.76. The van der Waals surface area contributed by atoms with Gasteiger partial charge in [0.15, 0.2) is 0 Å². The molecule has 23 heavy (non-hydrogen) atoms. The molecule has 0 aromatic heterocycles. The number of carbonyl (C=O) groups is 1. The lowest BCUT2D eigenvalue weighted by molar-refractivity contribution is -0.149. The first-order valence-corrected chi connectivity index (χ1v) is 8.51. The second-order valence-corrected chi connectivity index (χ2v) is 6.67. The summed E-state index contributed by atoms with van der Waals surface area (Å²) in [6, 6.07) is 8.02. The van der Waals surface area contributed by atoms with Crippen LogP contribution in [0.25, 0.3) is 0 Å². The van der Waals surface area contributed by atoms with E-state index < -0.39 is 18.0 Å². The summed E-state index contributed by atoms with van der Waals surface area (Å²) in [5.41, 5.74) is 1.10. The molecule has 1 aliphatic carbocycles. The van der Waals surface area contributed by atoms with Crippen LogP contribution in [0.5, 0.6) is 5.75 Å². The highest BCUT2D eigenvalue weighted by atomic mass is 16.5. The minimum Gasteiger partial charge on any atom is -0.490 e. The van der Waals surface area contributed by atoms with Crippen LogP contribution in [0.1, 0.15) is 37.7 Å². The van der Waals surface area contributed by atoms with Crippen molar-refractivity contribution in [1.29, 1.82) is 0 Å². The van der Waals surface area contributed by atoms with E-state index in [1.807, 2.05) is 24.3 Å². The number of hydrogen-bond acceptors (Lipinski definition) is 4. The summed E-state index contributed by atoms with van der Waals surface area (Å²) in [4.78, 5) is 13.3. The second-order valence-electron chi connectivity index (χ2n) is 6.67. The van der Waals surface area contributed by atoms with Gasteiger partial charge in [-0.2, -0.15) is 0 Å². The van der Waals surface area contributed by atoms with Crippen molar-refractivity contribution in [3.05, 3.63) is 29.8 Å². The number of ether oxygens (including phenoxy) is 1. The monoisotopic (exact) mass is 319 g/mol. The Balaban J connectivity index is 1.66. The maximum atomic E-state index is 11.2. The van der Waals surface area contributed by atoms with Gasteiger partial charge in [0, 0.05) is 25.2 Å². The maximum Gasteiger partial charge on any atom is 0.310 e. The van der Waals surface area contributed by atoms with Gasteiger partial charge in [-0.05, 0) is 38.2 Å². The van der Waals surface area contributed by atoms with E-state index >= 15 is 0 Å². The van der Waals surface area contributed by atoms with Gasteiger partial charge in [-0.1, -0.05) is 18.2 Å². The zero-order valence-electron chi connectivity index (χ0n) is 13.4. The standard InChI is InChI=1S/C18H25NO4/c20-16-9-10-19(12-15(16)18(21)22)11-13-5-1-4-8-17(13)23-14-6-2-3-7-14/h1,4-5,8,14-16,20H,2-3,6-7,9-12H2,(H,21,22)/t15-,16+/m0/s1. The Morgan fingerprint density at radius 2 is 1.96 bits per heavy atom. The largest absolute Gasteiger partial charge is 0.490 e. The van der Waals surface area contributed by atoms with E-state index in [0.29, 0.717) is 32.2 Å². The van der Waals surface area contributed by atoms with Crippen LogP contribution >= 0.6 is 0 Å². The van der Waals surface area contributed by atoms with E-state index in [-0.39, 0.29) is 0 Å². The molecule has 2 fully saturated rings. The molecular weight excluding hydrogens is 294 g/mol. The summed E-state index contributed by atoms with van der Waals surface area (Å²) in [5, 5.41) is 19.1. The van der Waals surface area contributed by atoms with Gasteiger partial charge >= 0.3 is 5.97 Å². The number of carboxylic acid groups (broad SMARTS) is 1. The molecular formula is C18H25NO4. The van der Waals surface area contributed by atoms with Gasteiger partial charge in [0.05, 0.1) is 18.1 Å². The molecule has 2 aliphatic rings. The first-order chi connectivity index (χ1) is 11.1. The van der Waals surface area contributed by atoms with E-state index in [4.69, 9.17) is 4.74 Å². The third-order valence-corrected chi connectivity index (χ3v) is 4.94. The topological polar surface area (TPSA) is 70.0 Å². The number of para-hydroxylation sites is 1. The molecule has 1 aliphatic heterocycles. The smallest absolute Gasteiger partial charge is 0.310 e. The molecule has 1 heterocycles. The van der Waals surface area contributed by atoms with Crippen LogP contribution in [0.4, 0.5) is 0 Å². The summed E-state index contributed by atoms with van der Waals surface area (Å²) in [7, 11) is 0. The zero-order valence-corrected chi connectivity index (χ0v) is 13.4. The van der Waals surface area contributed by atoms with E-state index in [2.05, 4.69) is 4.90 Å². The van der Waals surface area contributed by atoms with Crippen molar-refractivity contribution in [3.8, 4) is 5.75 Å². The number of benzene rings is 1. The second kappa shape index (κ2) is 7.32. The van der Waals surface area contributed by atoms with Crippen LogP contribution in [-0.4, -0.2) is 46.4 Å². The Morgan fingerprint density at radius 3 is 2.70 bits per heavy atom. The van der Waals surface area contributed by atoms with E-state index in [0.717, 1.165) is 24.2 Å². The maximum absolute atomic E-state index is 11.2. The summed E-state index contributed by atoms with van der Waals surface area (Å²) >= 11 is 0. The fraction of sp³-hybridized carbons (Fsp3) is 0.611. The minimum atomic E-state index is -0.919. The first kappa shape index (κ1) is 16.3. The molecule has 1 aromatic carbocycles. The number of rotatable bonds is 5. The molecule has 1 saturated heterocycles. The normalized spacial score (nSPS) is 26.3. The van der Waals surface area contributed by atoms with Gasteiger partial charge in [-0.15, -0.1) is 0 Å². The molecule has 5 nitrogen and oxygen atoms in total. The SMILES string of the molecule is O=C(O)[C@H]1CN(Cc2ccccc2OC2CCCC2)CC[C@H]1O. The summed E-state index contributed by atoms with van der Waals surface area (Å²) in [5.74, 6) is -0.707. The molecule has 0 amide bonds. The fourth-order valence-corrected chi connectivity index (χ4v) is 3.57. The van der Waals surface area contributed by atoms with Gasteiger partial charge in [-0.3, -0.25) is 9.69 Å². The lowest BCUT2D eigenvalue weighted by Crippen LogP contribution is -2.46. The Kier molecular flexibility index (Phi) is 5.18. The van der Waals surface area contributed by atoms with Crippen LogP contribution in [0.3, 0.4) is 0 Å². The Morgan fingerprint density at radius 1 is 1.22 bits per heavy atom. The number of aliphatic carboxylic acids is 1. The van der Waals surface area contributed by atoms with Crippen molar-refractivity contribution < 1.29 is 19.7 Å². The molecule has 5 heteroatoms. The Labute approximate surface area is 136 Å². The van der Waals surface area contributed by atoms with Gasteiger partial charge in [0.1, 0.15) is 5.75 Å². The van der Waals surface area contributed by atoms with E-state index in [1.54, 1.807) is 0 Å². The predicted octanol–water partition coefficient (Wildman–Crippen LogP) is 2.28. The summed E-state index contributed by atoms with van der Waals surface area (Å²) in [6.07, 6.45) is 4.77. The first-order valence-electron chi connectivity index (χ1n) is 8.51. The van der Waals surface area contributed by atoms with Crippen molar-refractivity contribution in [2.75, 3.05) is 13.1 Å². The van der Waals surface area contributed by atoms with Gasteiger partial charge < -0.3 is 14.9 Å². The lowest BCUT2D eigenvalue weighted by Gasteiger charge is -2.34. The molecule has 2 N–H and O–H groups in total. The molecule has 1 aromatic rings. The van der Waals surface area contributed by atoms with Crippen LogP contribution in [0.15, 0.2) is 24.3 Å². The van der Waals surface area contributed by atoms with Crippen LogP contribution in [0, 0.1) is 5.92 Å². The van der Waals surface area contributed by atoms with Crippen molar-refractivity contribution >= 4 is 5.97 Å². The van der Waals surface area contributed by atoms with Crippen molar-refractivity contribution in [3.63, 3.8) is 0 Å². The average Bonchev–Trinajstić information content (AvgIpc) is 3.04. The quantitative estimate of drug-likeness (QED) is 0.871. The molecule has 0 spiro atoms. The number of aliphatic hydroxyl groups excluding tert-OH is 1. The van der Waals surface area contributed by atoms with E-state index in [1.165, 1.54) is 12.8 Å². The third kappa shape index (κ3) is 4.03. The zero-order chi connectivity index (χ0) is 16.2. The predicted molar refractivity (Wildman–Crippen MR) is 86.4 cm³/mol. The van der Waals surface area contributed by atoms with Crippen molar-refractivity contribution in [2.45, 2.75) is 50.9 Å². The van der Waals surface area contributed by atoms with Crippen LogP contribution in [0.2, 0.25) is 0 Å². The molecule has 0 radical (unpaired) electrons. The number of hydrogen-bond donors (Lipinski definition) is 2. The van der Waals surface area contributed by atoms with Gasteiger partial charge in [-0.25, -0.2) is 0 Å². The molecule has 3 rings (SSSR count). The molecule has 0 unspecified atom stereocenters. The highest BCUT2D eigenvalue weighted by Crippen LogP contribution is 2.28. The molecule has 126 valence electrons. The number of aliphatic hydroxyl groups is 1. The van der Waals surface area contributed by atoms with Gasteiger partial charge in [0.25, 0.3) is 0 Å². The van der Waals surface area contributed by atoms with Gasteiger partial charge in [0.2, 0.25) is 0 Å². The Bertz CT molecular complexity index is 542. The highest BCUT2D eigenvalue weighted by Gasteiger charge is 2.33. The number of piperidine rings is 1. The third-order valence-electron chi connectivity index (χ3n) is 4.94. The number of nitrogens with zero attached hydrogens (tertiary/aromatic N) is 1. The average molecular weight is 319 g/mol. The lowest BCUT2D eigenvalue weighted by atomic mass is 9.94. The Hall–Kier alpha value is -1.59. The molecule has 1 saturated carbocycles. The van der Waals surface area contributed by atoms with E-state index in [9.17, 15) is 15.0 Å². The summed E-state index contributed by atoms with van der Waals surface area (Å²) < 4.78 is 6.15. The number of likely N-dealkylation sites (tertiary alicyclic amines) is 1. The minimum absolute atomic E-state index is 0.311. The molecule has 2 atom stereocenters. The van der Waals surface area contributed by atoms with Crippen LogP contribution in [-0.2, 0) is 11.3 Å². The van der Waals surface area contributed by atoms with Crippen molar-refractivity contribution in [1.82, 2.24) is 4.90 Å². The molecule has 0 bridgehead atoms. The highest BCUT2D eigenvalue weighted by molar-refractivity contribution is 5.71. The van der Waals surface area contributed by atoms with Crippen molar-refractivity contribution in [2.24, 2.45) is 5.92 Å².